The van der Waals surface area contributed by atoms with Crippen LogP contribution in [0.1, 0.15) is 96.8 Å². The number of phenolic OH excluding ortho intramolecular Hbond substituents is 1. The van der Waals surface area contributed by atoms with E-state index in [1.807, 2.05) is 48.5 Å². The number of likely N-dealkylation sites (tertiary alicyclic amines) is 1. The van der Waals surface area contributed by atoms with Crippen LogP contribution in [-0.2, 0) is 21.4 Å². The van der Waals surface area contributed by atoms with E-state index in [1.165, 1.54) is 12.8 Å². The summed E-state index contributed by atoms with van der Waals surface area (Å²) < 4.78 is 33.9. The Morgan fingerprint density at radius 2 is 1.82 bits per heavy atom. The monoisotopic (exact) mass is 751 g/mol. The van der Waals surface area contributed by atoms with Crippen molar-refractivity contribution in [2.24, 2.45) is 11.3 Å². The minimum atomic E-state index is -1.23. The number of phenols is 1. The normalized spacial score (nSPS) is 24.4. The van der Waals surface area contributed by atoms with Crippen molar-refractivity contribution in [3.8, 4) is 11.5 Å². The minimum absolute atomic E-state index is 0.0353. The van der Waals surface area contributed by atoms with Gasteiger partial charge in [0.1, 0.15) is 11.3 Å². The van der Waals surface area contributed by atoms with Gasteiger partial charge in [0.25, 0.3) is 6.47 Å². The molecule has 4 atom stereocenters. The van der Waals surface area contributed by atoms with Gasteiger partial charge < -0.3 is 20.1 Å². The van der Waals surface area contributed by atoms with E-state index >= 15 is 0 Å². The van der Waals surface area contributed by atoms with Gasteiger partial charge in [-0.05, 0) is 90.0 Å². The molecule has 3 aliphatic rings. The van der Waals surface area contributed by atoms with Crippen LogP contribution in [0.3, 0.4) is 0 Å². The van der Waals surface area contributed by atoms with E-state index in [0.29, 0.717) is 57.4 Å². The first-order chi connectivity index (χ1) is 23.4. The number of Topliss-reactive ketones (excluding diaryl/α,β-unsaturated/α-hetero) is 1. The van der Waals surface area contributed by atoms with Crippen molar-refractivity contribution in [2.45, 2.75) is 110 Å². The van der Waals surface area contributed by atoms with Gasteiger partial charge in [-0.1, -0.05) is 69.9 Å². The largest absolute Gasteiger partial charge is 0.508 e. The molecule has 3 fully saturated rings. The van der Waals surface area contributed by atoms with E-state index in [4.69, 9.17) is 4.74 Å². The van der Waals surface area contributed by atoms with Gasteiger partial charge in [0.15, 0.2) is 21.8 Å². The number of nitrogens with zero attached hydrogens (tertiary/aromatic N) is 1. The molecule has 7 nitrogen and oxygen atoms in total. The molecule has 4 unspecified atom stereocenters. The molecule has 2 saturated carbocycles. The molecule has 12 heteroatoms. The lowest BCUT2D eigenvalue weighted by Gasteiger charge is -2.60. The molecule has 3 N–H and O–H groups in total. The molecule has 0 spiro atoms. The second kappa shape index (κ2) is 15.7. The van der Waals surface area contributed by atoms with Crippen molar-refractivity contribution < 1.29 is 38.4 Å². The van der Waals surface area contributed by atoms with Crippen molar-refractivity contribution in [3.63, 3.8) is 0 Å². The minimum Gasteiger partial charge on any atom is -0.508 e. The number of aliphatic hydroxyl groups excluding tert-OH is 1. The lowest BCUT2D eigenvalue weighted by Crippen LogP contribution is -2.70. The third kappa shape index (κ3) is 7.82. The SMILES string of the molecule is C=C(O)P(C)c1c(F)sc2sc(F)c(CC(C)(C)C)c12.CC.Cc1ccc(OC=O)c(O)c1C12CCN(CC3CC3)C(C)C1(O)CCC(=O)C2. The van der Waals surface area contributed by atoms with E-state index in [-0.39, 0.29) is 57.4 Å². The summed E-state index contributed by atoms with van der Waals surface area (Å²) in [6.45, 7) is 21.3. The van der Waals surface area contributed by atoms with Gasteiger partial charge in [0, 0.05) is 52.7 Å². The Hall–Kier alpha value is -2.43. The summed E-state index contributed by atoms with van der Waals surface area (Å²) >= 11 is 1.96. The van der Waals surface area contributed by atoms with Crippen LogP contribution in [0.2, 0.25) is 0 Å². The molecule has 0 amide bonds. The highest BCUT2D eigenvalue weighted by Crippen LogP contribution is 2.57. The first-order valence-corrected chi connectivity index (χ1v) is 20.8. The zero-order valence-corrected chi connectivity index (χ0v) is 33.0. The van der Waals surface area contributed by atoms with E-state index in [0.717, 1.165) is 41.3 Å². The van der Waals surface area contributed by atoms with E-state index in [1.54, 1.807) is 18.8 Å². The Balaban J connectivity index is 0.000000226. The van der Waals surface area contributed by atoms with E-state index < -0.39 is 18.9 Å². The average molecular weight is 752 g/mol. The van der Waals surface area contributed by atoms with Crippen LogP contribution in [0.25, 0.3) is 9.40 Å². The Kier molecular flexibility index (Phi) is 12.6. The number of piperidine rings is 1. The number of aryl methyl sites for hydroxylation is 1. The van der Waals surface area contributed by atoms with Crippen LogP contribution in [0.5, 0.6) is 11.5 Å². The number of carbonyl (C=O) groups is 2. The summed E-state index contributed by atoms with van der Waals surface area (Å²) in [6.07, 6.45) is 4.56. The molecule has 2 aromatic heterocycles. The van der Waals surface area contributed by atoms with Crippen LogP contribution in [-0.4, -0.2) is 63.9 Å². The number of aromatic hydroxyl groups is 1. The van der Waals surface area contributed by atoms with Gasteiger partial charge in [-0.15, -0.1) is 0 Å². The second-order valence-electron chi connectivity index (χ2n) is 14.9. The number of hydrogen-bond donors (Lipinski definition) is 3. The third-order valence-corrected chi connectivity index (χ3v) is 14.4. The number of ether oxygens (including phenoxy) is 1. The third-order valence-electron chi connectivity index (χ3n) is 10.3. The molecule has 1 saturated heterocycles. The maximum atomic E-state index is 14.2. The van der Waals surface area contributed by atoms with Crippen molar-refractivity contribution in [3.05, 3.63) is 51.2 Å². The fourth-order valence-electron chi connectivity index (χ4n) is 7.70. The van der Waals surface area contributed by atoms with E-state index in [9.17, 15) is 33.7 Å². The lowest BCUT2D eigenvalue weighted by molar-refractivity contribution is -0.165. The van der Waals surface area contributed by atoms with Crippen LogP contribution in [0.15, 0.2) is 24.2 Å². The van der Waals surface area contributed by atoms with Gasteiger partial charge in [0.05, 0.1) is 9.61 Å². The Morgan fingerprint density at radius 3 is 2.40 bits per heavy atom. The molecule has 276 valence electrons. The first-order valence-electron chi connectivity index (χ1n) is 17.4. The molecular weight excluding hydrogens is 700 g/mol. The summed E-state index contributed by atoms with van der Waals surface area (Å²) in [7, 11) is -1.23. The Bertz CT molecular complexity index is 1730. The number of benzene rings is 1. The summed E-state index contributed by atoms with van der Waals surface area (Å²) in [4.78, 5) is 25.8. The van der Waals surface area contributed by atoms with Crippen molar-refractivity contribution in [1.82, 2.24) is 4.90 Å². The number of ketones is 1. The number of aliphatic hydroxyl groups is 2. The smallest absolute Gasteiger partial charge is 0.298 e. The summed E-state index contributed by atoms with van der Waals surface area (Å²) in [5, 5.41) is 33.1. The molecule has 50 heavy (non-hydrogen) atoms. The first kappa shape index (κ1) is 40.3. The predicted molar refractivity (Wildman–Crippen MR) is 202 cm³/mol. The standard InChI is InChI=1S/C22H29NO5.C14H17F2OPS2.C2H6/c1-14-3-6-18(28-13-24)20(26)19(14)21-9-10-23(12-16-4-5-16)15(2)22(21,27)8-7-17(25)11-21;1-7(17)18(5)10-9-8(6-14(2,3)4)11(15)19-13(9)20-12(10)16;1-2/h3,6,13,15-16,26-27H,4-5,7-12H2,1-2H3;17H,1,6H2,2-5H3;1-2H3. The average Bonchev–Trinajstić information content (AvgIpc) is 3.75. The Morgan fingerprint density at radius 1 is 1.18 bits per heavy atom. The molecule has 3 aromatic rings. The van der Waals surface area contributed by atoms with Gasteiger partial charge in [-0.2, -0.15) is 8.78 Å². The number of halogens is 2. The maximum Gasteiger partial charge on any atom is 0.298 e. The van der Waals surface area contributed by atoms with Crippen LogP contribution in [0, 0.1) is 28.5 Å². The molecule has 0 radical (unpaired) electrons. The summed E-state index contributed by atoms with van der Waals surface area (Å²) in [5.41, 5.74) is -0.201. The number of carbonyl (C=O) groups excluding carboxylic acids is 2. The molecule has 1 aromatic carbocycles. The Labute approximate surface area is 304 Å². The topological polar surface area (TPSA) is 107 Å². The van der Waals surface area contributed by atoms with Gasteiger partial charge in [-0.3, -0.25) is 14.5 Å². The highest BCUT2D eigenvalue weighted by Gasteiger charge is 2.62. The number of hydrogen-bond acceptors (Lipinski definition) is 9. The van der Waals surface area contributed by atoms with Crippen molar-refractivity contribution >= 4 is 57.6 Å². The maximum absolute atomic E-state index is 14.2. The second-order valence-corrected chi connectivity index (χ2v) is 19.1. The van der Waals surface area contributed by atoms with Crippen molar-refractivity contribution in [2.75, 3.05) is 19.8 Å². The summed E-state index contributed by atoms with van der Waals surface area (Å²) in [5.74, 6) is 0.748. The van der Waals surface area contributed by atoms with Gasteiger partial charge in [-0.25, -0.2) is 0 Å². The van der Waals surface area contributed by atoms with Gasteiger partial charge >= 0.3 is 0 Å². The van der Waals surface area contributed by atoms with Crippen LogP contribution in [0.4, 0.5) is 8.78 Å². The fraction of sp³-hybridized carbons (Fsp3) is 0.579. The van der Waals surface area contributed by atoms with Crippen LogP contribution < -0.4 is 10.0 Å². The zero-order valence-electron chi connectivity index (χ0n) is 30.5. The highest BCUT2D eigenvalue weighted by molar-refractivity contribution is 7.70. The lowest BCUT2D eigenvalue weighted by atomic mass is 9.53. The molecule has 3 heterocycles. The fourth-order valence-corrected chi connectivity index (χ4v) is 11.6. The summed E-state index contributed by atoms with van der Waals surface area (Å²) in [6, 6.07) is 3.21. The molecule has 6 rings (SSSR count). The molecular formula is C38H52F2NO6PS2. The highest BCUT2D eigenvalue weighted by atomic mass is 32.2. The van der Waals surface area contributed by atoms with Crippen molar-refractivity contribution in [1.29, 1.82) is 0 Å². The molecule has 2 aliphatic carbocycles. The van der Waals surface area contributed by atoms with Crippen LogP contribution >= 0.6 is 30.6 Å². The van der Waals surface area contributed by atoms with E-state index in [2.05, 4.69) is 11.5 Å². The number of fused-ring (bicyclic) bond motifs is 2. The zero-order chi connectivity index (χ0) is 37.3. The van der Waals surface area contributed by atoms with Gasteiger partial charge in [0.2, 0.25) is 0 Å². The quantitative estimate of drug-likeness (QED) is 0.120. The number of rotatable bonds is 8. The number of thiophene rings is 2. The molecule has 0 bridgehead atoms. The predicted octanol–water partition coefficient (Wildman–Crippen LogP) is 9.08. The molecule has 1 aliphatic heterocycles.